The third-order valence-electron chi connectivity index (χ3n) is 9.82. The number of aliphatic hydroxyl groups is 1. The first-order valence-corrected chi connectivity index (χ1v) is 15.1. The number of ether oxygens (including phenoxy) is 1. The van der Waals surface area contributed by atoms with Crippen LogP contribution < -0.4 is 4.90 Å². The average Bonchev–Trinajstić information content (AvgIpc) is 3.47. The number of rotatable bonds is 13. The summed E-state index contributed by atoms with van der Waals surface area (Å²) in [6.07, 6.45) is 6.04. The van der Waals surface area contributed by atoms with Gasteiger partial charge in [0.1, 0.15) is 11.6 Å². The summed E-state index contributed by atoms with van der Waals surface area (Å²) in [5, 5.41) is 10.4. The lowest BCUT2D eigenvalue weighted by Crippen LogP contribution is -2.60. The van der Waals surface area contributed by atoms with Crippen LogP contribution in [0.3, 0.4) is 0 Å². The Kier molecular flexibility index (Phi) is 9.14. The predicted molar refractivity (Wildman–Crippen MR) is 160 cm³/mol. The number of hydrogen-bond acceptors (Lipinski definition) is 5. The highest BCUT2D eigenvalue weighted by Crippen LogP contribution is 2.66. The lowest BCUT2D eigenvalue weighted by Gasteiger charge is -2.41. The minimum Gasteiger partial charge on any atom is -0.394 e. The number of nitrogens with zero attached hydrogens (tertiary/aromatic N) is 3. The van der Waals surface area contributed by atoms with Crippen LogP contribution in [0.2, 0.25) is 0 Å². The van der Waals surface area contributed by atoms with Gasteiger partial charge in [0.25, 0.3) is 0 Å². The van der Waals surface area contributed by atoms with Crippen LogP contribution in [0.4, 0.5) is 5.69 Å². The van der Waals surface area contributed by atoms with Gasteiger partial charge in [-0.1, -0.05) is 57.5 Å². The van der Waals surface area contributed by atoms with E-state index < -0.39 is 35.1 Å². The molecule has 41 heavy (non-hydrogen) atoms. The van der Waals surface area contributed by atoms with Gasteiger partial charge < -0.3 is 24.5 Å². The molecule has 1 aromatic rings. The first-order chi connectivity index (χ1) is 19.6. The van der Waals surface area contributed by atoms with Crippen molar-refractivity contribution >= 4 is 23.4 Å². The summed E-state index contributed by atoms with van der Waals surface area (Å²) in [4.78, 5) is 48.8. The van der Waals surface area contributed by atoms with Gasteiger partial charge in [-0.3, -0.25) is 14.4 Å². The Morgan fingerprint density at radius 1 is 1.17 bits per heavy atom. The van der Waals surface area contributed by atoms with Crippen molar-refractivity contribution in [3.8, 4) is 0 Å². The van der Waals surface area contributed by atoms with E-state index in [4.69, 9.17) is 4.74 Å². The molecule has 8 atom stereocenters. The number of hydrogen-bond donors (Lipinski definition) is 1. The van der Waals surface area contributed by atoms with Crippen LogP contribution in [0, 0.1) is 17.8 Å². The van der Waals surface area contributed by atoms with Crippen molar-refractivity contribution in [2.24, 2.45) is 17.8 Å². The number of anilines is 1. The molecule has 0 aromatic heterocycles. The molecule has 1 N–H and O–H groups in total. The Labute approximate surface area is 245 Å². The highest BCUT2D eigenvalue weighted by molar-refractivity contribution is 6.03. The quantitative estimate of drug-likeness (QED) is 0.362. The Balaban J connectivity index is 1.86. The van der Waals surface area contributed by atoms with Gasteiger partial charge in [-0.15, -0.1) is 13.2 Å². The van der Waals surface area contributed by atoms with Gasteiger partial charge >= 0.3 is 0 Å². The fourth-order valence-electron chi connectivity index (χ4n) is 7.72. The molecule has 3 amide bonds. The standard InChI is InChI=1S/C33H47N3O5/c1-8-15-23(6)34(18-9-2)31(40)28-33-20-22(5)32(7,41-33)26(27(33)30(39)36(28)24(11-4)21-37)29(38)35(19-10-3)25-16-13-12-14-17-25/h9-10,12-14,16-17,22-24,26-28,37H,2-3,8,11,15,18-21H2,1,4-7H3/t22?,23?,24-,26-,27-,28?,32+,33?/m0/s1. The second-order valence-corrected chi connectivity index (χ2v) is 12.2. The van der Waals surface area contributed by atoms with Gasteiger partial charge in [0.15, 0.2) is 0 Å². The monoisotopic (exact) mass is 565 g/mol. The zero-order chi connectivity index (χ0) is 30.1. The molecule has 224 valence electrons. The van der Waals surface area contributed by atoms with E-state index in [-0.39, 0.29) is 42.8 Å². The van der Waals surface area contributed by atoms with Crippen LogP contribution in [-0.2, 0) is 19.1 Å². The van der Waals surface area contributed by atoms with Crippen LogP contribution in [0.15, 0.2) is 55.6 Å². The van der Waals surface area contributed by atoms with Crippen molar-refractivity contribution in [3.63, 3.8) is 0 Å². The molecule has 2 bridgehead atoms. The summed E-state index contributed by atoms with van der Waals surface area (Å²) in [7, 11) is 0. The largest absolute Gasteiger partial charge is 0.394 e. The molecule has 4 rings (SSSR count). The SMILES string of the molecule is C=CCN(C(=O)[C@@H]1[C@H]2C(=O)N([C@@H](CC)CO)C(C(=O)N(CC=C)C(C)CCC)C23CC(C)[C@@]1(C)O3)c1ccccc1. The molecular weight excluding hydrogens is 518 g/mol. The van der Waals surface area contributed by atoms with Gasteiger partial charge in [0.05, 0.1) is 30.1 Å². The van der Waals surface area contributed by atoms with Crippen molar-refractivity contribution in [3.05, 3.63) is 55.6 Å². The third-order valence-corrected chi connectivity index (χ3v) is 9.82. The van der Waals surface area contributed by atoms with Crippen molar-refractivity contribution in [1.29, 1.82) is 0 Å². The van der Waals surface area contributed by atoms with Gasteiger partial charge in [-0.05, 0) is 51.2 Å². The molecule has 3 saturated heterocycles. The highest BCUT2D eigenvalue weighted by Gasteiger charge is 2.80. The van der Waals surface area contributed by atoms with Crippen molar-refractivity contribution in [2.75, 3.05) is 24.6 Å². The molecule has 0 radical (unpaired) electrons. The van der Waals surface area contributed by atoms with E-state index in [0.29, 0.717) is 25.1 Å². The molecule has 1 spiro atoms. The summed E-state index contributed by atoms with van der Waals surface area (Å²) >= 11 is 0. The highest BCUT2D eigenvalue weighted by atomic mass is 16.5. The van der Waals surface area contributed by atoms with Crippen molar-refractivity contribution in [1.82, 2.24) is 9.80 Å². The van der Waals surface area contributed by atoms with Gasteiger partial charge in [0, 0.05) is 24.8 Å². The van der Waals surface area contributed by atoms with Crippen LogP contribution in [0.25, 0.3) is 0 Å². The van der Waals surface area contributed by atoms with Gasteiger partial charge in [-0.25, -0.2) is 0 Å². The fourth-order valence-corrected chi connectivity index (χ4v) is 7.72. The molecule has 0 aliphatic carbocycles. The number of aliphatic hydroxyl groups excluding tert-OH is 1. The van der Waals surface area contributed by atoms with Gasteiger partial charge in [0.2, 0.25) is 17.7 Å². The molecule has 1 aromatic carbocycles. The zero-order valence-corrected chi connectivity index (χ0v) is 25.3. The van der Waals surface area contributed by atoms with E-state index in [0.717, 1.165) is 12.8 Å². The summed E-state index contributed by atoms with van der Waals surface area (Å²) in [6.45, 7) is 18.1. The topological polar surface area (TPSA) is 90.4 Å². The fraction of sp³-hybridized carbons (Fsp3) is 0.606. The lowest BCUT2D eigenvalue weighted by atomic mass is 9.62. The summed E-state index contributed by atoms with van der Waals surface area (Å²) in [5.41, 5.74) is -1.39. The predicted octanol–water partition coefficient (Wildman–Crippen LogP) is 4.19. The first-order valence-electron chi connectivity index (χ1n) is 15.1. The Morgan fingerprint density at radius 3 is 2.39 bits per heavy atom. The normalized spacial score (nSPS) is 31.5. The summed E-state index contributed by atoms with van der Waals surface area (Å²) in [6, 6.07) is 7.79. The minimum atomic E-state index is -1.17. The number of carbonyl (C=O) groups is 3. The number of carbonyl (C=O) groups excluding carboxylic acids is 3. The van der Waals surface area contributed by atoms with Crippen LogP contribution in [-0.4, -0.2) is 81.7 Å². The van der Waals surface area contributed by atoms with Crippen LogP contribution in [0.1, 0.15) is 60.3 Å². The maximum Gasteiger partial charge on any atom is 0.248 e. The zero-order valence-electron chi connectivity index (χ0n) is 25.3. The minimum absolute atomic E-state index is 0.0719. The Morgan fingerprint density at radius 2 is 1.83 bits per heavy atom. The van der Waals surface area contributed by atoms with E-state index in [1.165, 1.54) is 0 Å². The summed E-state index contributed by atoms with van der Waals surface area (Å²) < 4.78 is 6.93. The third kappa shape index (κ3) is 4.83. The maximum absolute atomic E-state index is 14.6. The van der Waals surface area contributed by atoms with Crippen LogP contribution in [0.5, 0.6) is 0 Å². The second kappa shape index (κ2) is 12.1. The number of para-hydroxylation sites is 1. The van der Waals surface area contributed by atoms with E-state index in [9.17, 15) is 19.5 Å². The molecule has 3 aliphatic heterocycles. The second-order valence-electron chi connectivity index (χ2n) is 12.2. The summed E-state index contributed by atoms with van der Waals surface area (Å²) in [5.74, 6) is -2.41. The Bertz CT molecular complexity index is 1150. The van der Waals surface area contributed by atoms with Gasteiger partial charge in [-0.2, -0.15) is 0 Å². The van der Waals surface area contributed by atoms with E-state index in [2.05, 4.69) is 20.1 Å². The average molecular weight is 566 g/mol. The molecule has 8 heteroatoms. The van der Waals surface area contributed by atoms with Crippen LogP contribution >= 0.6 is 0 Å². The molecule has 4 unspecified atom stereocenters. The molecule has 8 nitrogen and oxygen atoms in total. The molecule has 3 aliphatic rings. The van der Waals surface area contributed by atoms with Crippen molar-refractivity contribution < 1.29 is 24.2 Å². The van der Waals surface area contributed by atoms with E-state index in [1.54, 1.807) is 26.9 Å². The Hall–Kier alpha value is -2.97. The molecule has 3 fully saturated rings. The van der Waals surface area contributed by atoms with Crippen molar-refractivity contribution in [2.45, 2.75) is 89.6 Å². The lowest BCUT2D eigenvalue weighted by molar-refractivity contribution is -0.156. The number of benzene rings is 1. The molecule has 0 saturated carbocycles. The maximum atomic E-state index is 14.6. The number of fused-ring (bicyclic) bond motifs is 1. The molecule has 3 heterocycles. The number of likely N-dealkylation sites (tertiary alicyclic amines) is 1. The molecular formula is C33H47N3O5. The number of amides is 3. The van der Waals surface area contributed by atoms with E-state index in [1.807, 2.05) is 58.0 Å². The smallest absolute Gasteiger partial charge is 0.248 e. The first kappa shape index (κ1) is 31.0. The van der Waals surface area contributed by atoms with E-state index >= 15 is 0 Å².